The molecule has 0 amide bonds. The highest BCUT2D eigenvalue weighted by Gasteiger charge is 2.49. The van der Waals surface area contributed by atoms with E-state index in [1.165, 1.54) is 68.6 Å². The van der Waals surface area contributed by atoms with E-state index in [1.807, 2.05) is 19.2 Å². The third-order valence-corrected chi connectivity index (χ3v) is 7.44. The van der Waals surface area contributed by atoms with Gasteiger partial charge < -0.3 is 14.4 Å². The fourth-order valence-electron chi connectivity index (χ4n) is 5.51. The standard InChI is InChI=1S/C28H40N2O2/c1-5-23(24-9-8-10-25(17-24)32-4)14-11-21(2)28-26-19-29(18-22-12-13-22)15-6-7-16-30(26)27(28)20-31-3/h5,8-11,14,17,22,26-28H,2,6-7,12-13,15-16,18-20H2,1,3-4H3/b14-11-,23-5+/t26-,27+,28-/m0/s1. The molecule has 174 valence electrons. The first-order valence-corrected chi connectivity index (χ1v) is 12.3. The summed E-state index contributed by atoms with van der Waals surface area (Å²) in [6.45, 7) is 12.3. The Balaban J connectivity index is 1.48. The molecule has 2 aliphatic heterocycles. The highest BCUT2D eigenvalue weighted by molar-refractivity contribution is 5.75. The van der Waals surface area contributed by atoms with E-state index < -0.39 is 0 Å². The third-order valence-electron chi connectivity index (χ3n) is 7.44. The van der Waals surface area contributed by atoms with E-state index in [9.17, 15) is 0 Å². The Labute approximate surface area is 194 Å². The molecule has 0 aromatic heterocycles. The van der Waals surface area contributed by atoms with Gasteiger partial charge in [0.15, 0.2) is 0 Å². The summed E-state index contributed by atoms with van der Waals surface area (Å²) in [6.07, 6.45) is 12.1. The summed E-state index contributed by atoms with van der Waals surface area (Å²) >= 11 is 0. The Hall–Kier alpha value is -1.88. The Bertz CT molecular complexity index is 842. The summed E-state index contributed by atoms with van der Waals surface area (Å²) in [5.74, 6) is 2.28. The minimum atomic E-state index is 0.439. The van der Waals surface area contributed by atoms with Crippen molar-refractivity contribution in [3.8, 4) is 5.75 Å². The number of fused-ring (bicyclic) bond motifs is 1. The molecule has 32 heavy (non-hydrogen) atoms. The molecule has 1 aromatic carbocycles. The van der Waals surface area contributed by atoms with E-state index in [0.29, 0.717) is 18.0 Å². The van der Waals surface area contributed by atoms with Crippen molar-refractivity contribution < 1.29 is 9.47 Å². The number of ether oxygens (including phenoxy) is 2. The zero-order valence-electron chi connectivity index (χ0n) is 20.1. The highest BCUT2D eigenvalue weighted by Crippen LogP contribution is 2.40. The van der Waals surface area contributed by atoms with Crippen molar-refractivity contribution in [2.75, 3.05) is 47.0 Å². The monoisotopic (exact) mass is 436 g/mol. The molecule has 2 saturated heterocycles. The van der Waals surface area contributed by atoms with Crippen LogP contribution < -0.4 is 4.74 Å². The van der Waals surface area contributed by atoms with Gasteiger partial charge in [-0.25, -0.2) is 0 Å². The molecule has 2 heterocycles. The Morgan fingerprint density at radius 3 is 2.69 bits per heavy atom. The average molecular weight is 437 g/mol. The van der Waals surface area contributed by atoms with Crippen molar-refractivity contribution in [1.82, 2.24) is 9.80 Å². The van der Waals surface area contributed by atoms with Crippen LogP contribution in [-0.4, -0.2) is 68.9 Å². The lowest BCUT2D eigenvalue weighted by Gasteiger charge is -2.57. The van der Waals surface area contributed by atoms with Crippen LogP contribution in [0.1, 0.15) is 38.2 Å². The second kappa shape index (κ2) is 10.8. The van der Waals surface area contributed by atoms with E-state index in [-0.39, 0.29) is 0 Å². The van der Waals surface area contributed by atoms with Gasteiger partial charge in [-0.2, -0.15) is 0 Å². The van der Waals surface area contributed by atoms with E-state index in [4.69, 9.17) is 9.47 Å². The molecule has 1 aromatic rings. The average Bonchev–Trinajstić information content (AvgIpc) is 3.61. The van der Waals surface area contributed by atoms with Gasteiger partial charge in [0.2, 0.25) is 0 Å². The lowest BCUT2D eigenvalue weighted by atomic mass is 9.74. The maximum atomic E-state index is 5.64. The van der Waals surface area contributed by atoms with Gasteiger partial charge in [-0.05, 0) is 80.5 Å². The zero-order valence-corrected chi connectivity index (χ0v) is 20.1. The number of benzene rings is 1. The smallest absolute Gasteiger partial charge is 0.119 e. The molecule has 4 nitrogen and oxygen atoms in total. The number of hydrogen-bond donors (Lipinski definition) is 0. The van der Waals surface area contributed by atoms with Crippen LogP contribution >= 0.6 is 0 Å². The summed E-state index contributed by atoms with van der Waals surface area (Å²) < 4.78 is 11.1. The van der Waals surface area contributed by atoms with Gasteiger partial charge in [0, 0.05) is 38.2 Å². The molecular weight excluding hydrogens is 396 g/mol. The predicted molar refractivity (Wildman–Crippen MR) is 133 cm³/mol. The first kappa shape index (κ1) is 23.3. The third kappa shape index (κ3) is 5.36. The molecule has 1 aliphatic carbocycles. The minimum absolute atomic E-state index is 0.439. The van der Waals surface area contributed by atoms with E-state index in [2.05, 4.69) is 53.7 Å². The van der Waals surface area contributed by atoms with Crippen molar-refractivity contribution in [2.24, 2.45) is 11.8 Å². The van der Waals surface area contributed by atoms with Gasteiger partial charge in [0.1, 0.15) is 5.75 Å². The van der Waals surface area contributed by atoms with Crippen molar-refractivity contribution in [3.63, 3.8) is 0 Å². The first-order valence-electron chi connectivity index (χ1n) is 12.3. The second-order valence-corrected chi connectivity index (χ2v) is 9.65. The molecule has 3 atom stereocenters. The highest BCUT2D eigenvalue weighted by atomic mass is 16.5. The van der Waals surface area contributed by atoms with Gasteiger partial charge in [-0.1, -0.05) is 36.9 Å². The van der Waals surface area contributed by atoms with Crippen molar-refractivity contribution in [3.05, 3.63) is 60.2 Å². The maximum absolute atomic E-state index is 5.64. The van der Waals surface area contributed by atoms with Crippen LogP contribution in [0.4, 0.5) is 0 Å². The largest absolute Gasteiger partial charge is 0.497 e. The fraction of sp³-hybridized carbons (Fsp3) is 0.571. The molecule has 3 aliphatic rings. The summed E-state index contributed by atoms with van der Waals surface area (Å²) in [6, 6.07) is 9.24. The minimum Gasteiger partial charge on any atom is -0.497 e. The Kier molecular flexibility index (Phi) is 7.88. The van der Waals surface area contributed by atoms with Crippen LogP contribution in [0, 0.1) is 11.8 Å². The molecule has 0 radical (unpaired) electrons. The summed E-state index contributed by atoms with van der Waals surface area (Å²) in [5.41, 5.74) is 3.58. The lowest BCUT2D eigenvalue weighted by Crippen LogP contribution is -2.69. The number of hydrogen-bond acceptors (Lipinski definition) is 4. The first-order chi connectivity index (χ1) is 15.6. The molecule has 0 bridgehead atoms. The van der Waals surface area contributed by atoms with E-state index in [1.54, 1.807) is 7.11 Å². The molecule has 3 fully saturated rings. The number of methoxy groups -OCH3 is 2. The summed E-state index contributed by atoms with van der Waals surface area (Å²) in [4.78, 5) is 5.43. The normalized spacial score (nSPS) is 27.5. The van der Waals surface area contributed by atoms with Gasteiger partial charge in [0.25, 0.3) is 0 Å². The van der Waals surface area contributed by atoms with Crippen LogP contribution in [0.2, 0.25) is 0 Å². The molecule has 0 unspecified atom stereocenters. The SMILES string of the molecule is C=C(/C=C\C(=C/C)c1cccc(OC)c1)[C@@H]1[C@@H](COC)N2CCCCN(CC3CC3)C[C@@H]12. The molecule has 1 saturated carbocycles. The quantitative estimate of drug-likeness (QED) is 0.507. The topological polar surface area (TPSA) is 24.9 Å². The predicted octanol–water partition coefficient (Wildman–Crippen LogP) is 5.03. The van der Waals surface area contributed by atoms with Gasteiger partial charge in [0.05, 0.1) is 13.7 Å². The molecular formula is C28H40N2O2. The van der Waals surface area contributed by atoms with E-state index in [0.717, 1.165) is 18.3 Å². The molecule has 0 N–H and O–H groups in total. The Morgan fingerprint density at radius 2 is 1.97 bits per heavy atom. The Morgan fingerprint density at radius 1 is 1.16 bits per heavy atom. The number of nitrogens with zero attached hydrogens (tertiary/aromatic N) is 2. The fourth-order valence-corrected chi connectivity index (χ4v) is 5.51. The number of rotatable bonds is 9. The van der Waals surface area contributed by atoms with Crippen LogP contribution in [-0.2, 0) is 4.74 Å². The molecule has 4 heteroatoms. The van der Waals surface area contributed by atoms with Crippen molar-refractivity contribution >= 4 is 5.57 Å². The van der Waals surface area contributed by atoms with Crippen LogP contribution in [0.25, 0.3) is 5.57 Å². The molecule has 4 rings (SSSR count). The lowest BCUT2D eigenvalue weighted by molar-refractivity contribution is -0.0886. The summed E-state index contributed by atoms with van der Waals surface area (Å²) in [7, 11) is 3.54. The van der Waals surface area contributed by atoms with Crippen LogP contribution in [0.15, 0.2) is 54.6 Å². The second-order valence-electron chi connectivity index (χ2n) is 9.65. The maximum Gasteiger partial charge on any atom is 0.119 e. The van der Waals surface area contributed by atoms with Gasteiger partial charge in [-0.15, -0.1) is 0 Å². The van der Waals surface area contributed by atoms with Crippen molar-refractivity contribution in [2.45, 2.75) is 44.7 Å². The van der Waals surface area contributed by atoms with Crippen molar-refractivity contribution in [1.29, 1.82) is 0 Å². The van der Waals surface area contributed by atoms with Crippen LogP contribution in [0.5, 0.6) is 5.75 Å². The zero-order chi connectivity index (χ0) is 22.5. The van der Waals surface area contributed by atoms with Gasteiger partial charge >= 0.3 is 0 Å². The van der Waals surface area contributed by atoms with Crippen LogP contribution in [0.3, 0.4) is 0 Å². The van der Waals surface area contributed by atoms with E-state index >= 15 is 0 Å². The van der Waals surface area contributed by atoms with Gasteiger partial charge in [-0.3, -0.25) is 4.90 Å². The number of allylic oxidation sites excluding steroid dienone is 4. The molecule has 0 spiro atoms. The summed E-state index contributed by atoms with van der Waals surface area (Å²) in [5, 5.41) is 0.